The van der Waals surface area contributed by atoms with Gasteiger partial charge in [0.1, 0.15) is 0 Å². The van der Waals surface area contributed by atoms with E-state index in [1.807, 2.05) is 50.4 Å². The Hall–Kier alpha value is -2.34. The van der Waals surface area contributed by atoms with Gasteiger partial charge in [0.25, 0.3) is 0 Å². The van der Waals surface area contributed by atoms with Crippen LogP contribution in [0.5, 0.6) is 0 Å². The van der Waals surface area contributed by atoms with Gasteiger partial charge in [0.2, 0.25) is 5.91 Å². The van der Waals surface area contributed by atoms with Gasteiger partial charge in [0.05, 0.1) is 6.54 Å². The van der Waals surface area contributed by atoms with Gasteiger partial charge in [-0.2, -0.15) is 0 Å². The summed E-state index contributed by atoms with van der Waals surface area (Å²) in [6.45, 7) is 6.07. The van der Waals surface area contributed by atoms with Crippen LogP contribution in [0.15, 0.2) is 35.7 Å². The average molecular weight is 331 g/mol. The molecule has 0 bridgehead atoms. The SMILES string of the molecule is Cc1ccc(NC(=O)C(C)C)cc1NC(=O)NCc1cccs1. The van der Waals surface area contributed by atoms with E-state index < -0.39 is 0 Å². The monoisotopic (exact) mass is 331 g/mol. The molecule has 1 aromatic heterocycles. The summed E-state index contributed by atoms with van der Waals surface area (Å²) in [6, 6.07) is 9.10. The minimum atomic E-state index is -0.270. The van der Waals surface area contributed by atoms with Crippen LogP contribution >= 0.6 is 11.3 Å². The number of carbonyl (C=O) groups is 2. The van der Waals surface area contributed by atoms with Gasteiger partial charge in [-0.1, -0.05) is 26.0 Å². The number of amides is 3. The summed E-state index contributed by atoms with van der Waals surface area (Å²) in [5.41, 5.74) is 2.27. The second kappa shape index (κ2) is 7.78. The molecule has 0 unspecified atom stereocenters. The topological polar surface area (TPSA) is 70.2 Å². The van der Waals surface area contributed by atoms with Gasteiger partial charge in [-0.05, 0) is 36.1 Å². The van der Waals surface area contributed by atoms with Gasteiger partial charge in [-0.15, -0.1) is 11.3 Å². The molecule has 122 valence electrons. The smallest absolute Gasteiger partial charge is 0.319 e. The number of hydrogen-bond acceptors (Lipinski definition) is 3. The Balaban J connectivity index is 1.98. The molecule has 0 saturated carbocycles. The molecule has 0 aliphatic rings. The van der Waals surface area contributed by atoms with E-state index in [1.165, 1.54) is 0 Å². The van der Waals surface area contributed by atoms with Crippen molar-refractivity contribution >= 4 is 34.6 Å². The molecular weight excluding hydrogens is 310 g/mol. The summed E-state index contributed by atoms with van der Waals surface area (Å²) in [5, 5.41) is 10.4. The van der Waals surface area contributed by atoms with Crippen LogP contribution in [0.1, 0.15) is 24.3 Å². The molecule has 0 saturated heterocycles. The third-order valence-electron chi connectivity index (χ3n) is 3.28. The number of benzene rings is 1. The Morgan fingerprint density at radius 1 is 1.17 bits per heavy atom. The zero-order chi connectivity index (χ0) is 16.8. The number of hydrogen-bond donors (Lipinski definition) is 3. The number of carbonyl (C=O) groups excluding carboxylic acids is 2. The predicted octanol–water partition coefficient (Wildman–Crippen LogP) is 3.97. The highest BCUT2D eigenvalue weighted by Gasteiger charge is 2.10. The van der Waals surface area contributed by atoms with Crippen molar-refractivity contribution in [3.05, 3.63) is 46.2 Å². The third-order valence-corrected chi connectivity index (χ3v) is 4.16. The highest BCUT2D eigenvalue weighted by Crippen LogP contribution is 2.21. The van der Waals surface area contributed by atoms with Gasteiger partial charge in [0.15, 0.2) is 0 Å². The van der Waals surface area contributed by atoms with E-state index in [-0.39, 0.29) is 17.9 Å². The van der Waals surface area contributed by atoms with Crippen LogP contribution in [0.25, 0.3) is 0 Å². The number of nitrogens with one attached hydrogen (secondary N) is 3. The second-order valence-electron chi connectivity index (χ2n) is 5.56. The van der Waals surface area contributed by atoms with Gasteiger partial charge in [-0.3, -0.25) is 4.79 Å². The molecule has 0 atom stereocenters. The summed E-state index contributed by atoms with van der Waals surface area (Å²) in [6.07, 6.45) is 0. The van der Waals surface area contributed by atoms with Crippen molar-refractivity contribution in [1.29, 1.82) is 0 Å². The molecule has 0 spiro atoms. The number of thiophene rings is 1. The Labute approximate surface area is 140 Å². The Morgan fingerprint density at radius 3 is 2.61 bits per heavy atom. The lowest BCUT2D eigenvalue weighted by molar-refractivity contribution is -0.118. The van der Waals surface area contributed by atoms with E-state index in [2.05, 4.69) is 16.0 Å². The maximum absolute atomic E-state index is 12.0. The largest absolute Gasteiger partial charge is 0.333 e. The molecule has 0 radical (unpaired) electrons. The van der Waals surface area contributed by atoms with E-state index >= 15 is 0 Å². The molecule has 0 fully saturated rings. The standard InChI is InChI=1S/C17H21N3O2S/c1-11(2)16(21)19-13-7-6-12(3)15(9-13)20-17(22)18-10-14-5-4-8-23-14/h4-9,11H,10H2,1-3H3,(H,19,21)(H2,18,20,22). The third kappa shape index (κ3) is 5.10. The normalized spacial score (nSPS) is 10.4. The molecule has 2 aromatic rings. The first-order chi connectivity index (χ1) is 11.0. The van der Waals surface area contributed by atoms with Crippen LogP contribution in [0, 0.1) is 12.8 Å². The van der Waals surface area contributed by atoms with E-state index in [0.29, 0.717) is 17.9 Å². The zero-order valence-electron chi connectivity index (χ0n) is 13.5. The molecule has 3 N–H and O–H groups in total. The van der Waals surface area contributed by atoms with Crippen LogP contribution < -0.4 is 16.0 Å². The fraction of sp³-hybridized carbons (Fsp3) is 0.294. The Kier molecular flexibility index (Phi) is 5.76. The van der Waals surface area contributed by atoms with Gasteiger partial charge >= 0.3 is 6.03 Å². The van der Waals surface area contributed by atoms with Crippen molar-refractivity contribution in [3.8, 4) is 0 Å². The minimum absolute atomic E-state index is 0.0538. The van der Waals surface area contributed by atoms with Crippen LogP contribution in [0.2, 0.25) is 0 Å². The average Bonchev–Trinajstić information content (AvgIpc) is 3.02. The molecule has 3 amide bonds. The van der Waals surface area contributed by atoms with Gasteiger partial charge in [0, 0.05) is 22.2 Å². The van der Waals surface area contributed by atoms with Crippen molar-refractivity contribution < 1.29 is 9.59 Å². The van der Waals surface area contributed by atoms with Crippen LogP contribution in [0.4, 0.5) is 16.2 Å². The van der Waals surface area contributed by atoms with Crippen LogP contribution in [0.3, 0.4) is 0 Å². The number of urea groups is 1. The van der Waals surface area contributed by atoms with Crippen molar-refractivity contribution in [3.63, 3.8) is 0 Å². The molecular formula is C17H21N3O2S. The van der Waals surface area contributed by atoms with E-state index in [1.54, 1.807) is 17.4 Å². The first kappa shape index (κ1) is 17.0. The van der Waals surface area contributed by atoms with E-state index in [0.717, 1.165) is 10.4 Å². The quantitative estimate of drug-likeness (QED) is 0.776. The lowest BCUT2D eigenvalue weighted by Gasteiger charge is -2.13. The van der Waals surface area contributed by atoms with E-state index in [4.69, 9.17) is 0 Å². The van der Waals surface area contributed by atoms with Gasteiger partial charge in [-0.25, -0.2) is 4.79 Å². The van der Waals surface area contributed by atoms with Gasteiger partial charge < -0.3 is 16.0 Å². The first-order valence-corrected chi connectivity index (χ1v) is 8.32. The summed E-state index contributed by atoms with van der Waals surface area (Å²) >= 11 is 1.60. The second-order valence-corrected chi connectivity index (χ2v) is 6.59. The molecule has 23 heavy (non-hydrogen) atoms. The number of anilines is 2. The zero-order valence-corrected chi connectivity index (χ0v) is 14.3. The van der Waals surface area contributed by atoms with Crippen LogP contribution in [-0.2, 0) is 11.3 Å². The molecule has 1 heterocycles. The summed E-state index contributed by atoms with van der Waals surface area (Å²) in [7, 11) is 0. The molecule has 5 nitrogen and oxygen atoms in total. The molecule has 2 rings (SSSR count). The van der Waals surface area contributed by atoms with Crippen molar-refractivity contribution in [2.75, 3.05) is 10.6 Å². The lowest BCUT2D eigenvalue weighted by Crippen LogP contribution is -2.28. The highest BCUT2D eigenvalue weighted by atomic mass is 32.1. The fourth-order valence-electron chi connectivity index (χ4n) is 1.87. The number of rotatable bonds is 5. The summed E-state index contributed by atoms with van der Waals surface area (Å²) in [4.78, 5) is 24.8. The lowest BCUT2D eigenvalue weighted by atomic mass is 10.1. The summed E-state index contributed by atoms with van der Waals surface area (Å²) < 4.78 is 0. The Morgan fingerprint density at radius 2 is 1.96 bits per heavy atom. The maximum Gasteiger partial charge on any atom is 0.319 e. The molecule has 0 aliphatic heterocycles. The van der Waals surface area contributed by atoms with E-state index in [9.17, 15) is 9.59 Å². The minimum Gasteiger partial charge on any atom is -0.333 e. The van der Waals surface area contributed by atoms with Crippen LogP contribution in [-0.4, -0.2) is 11.9 Å². The molecule has 6 heteroatoms. The predicted molar refractivity (Wildman–Crippen MR) is 94.8 cm³/mol. The van der Waals surface area contributed by atoms with Crippen molar-refractivity contribution in [2.45, 2.75) is 27.3 Å². The molecule has 1 aromatic carbocycles. The highest BCUT2D eigenvalue weighted by molar-refractivity contribution is 7.09. The Bertz CT molecular complexity index is 681. The maximum atomic E-state index is 12.0. The summed E-state index contributed by atoms with van der Waals surface area (Å²) in [5.74, 6) is -0.149. The number of aryl methyl sites for hydroxylation is 1. The first-order valence-electron chi connectivity index (χ1n) is 7.44. The molecule has 0 aliphatic carbocycles. The fourth-order valence-corrected chi connectivity index (χ4v) is 2.51. The van der Waals surface area contributed by atoms with Crippen molar-refractivity contribution in [1.82, 2.24) is 5.32 Å². The van der Waals surface area contributed by atoms with Crippen molar-refractivity contribution in [2.24, 2.45) is 5.92 Å².